The van der Waals surface area contributed by atoms with E-state index in [2.05, 4.69) is 166 Å². The molecule has 0 saturated heterocycles. The first kappa shape index (κ1) is 36.1. The first-order valence-electron chi connectivity index (χ1n) is 19.1. The van der Waals surface area contributed by atoms with Gasteiger partial charge in [-0.1, -0.05) is 161 Å². The van der Waals surface area contributed by atoms with Gasteiger partial charge in [0.25, 0.3) is 0 Å². The molecule has 0 radical (unpaired) electrons. The van der Waals surface area contributed by atoms with E-state index in [1.165, 1.54) is 22.3 Å². The van der Waals surface area contributed by atoms with Gasteiger partial charge in [0.2, 0.25) is 0 Å². The highest BCUT2D eigenvalue weighted by Gasteiger charge is 2.36. The van der Waals surface area contributed by atoms with Gasteiger partial charge in [0.05, 0.1) is 16.7 Å². The third kappa shape index (κ3) is 5.82. The van der Waals surface area contributed by atoms with Crippen LogP contribution in [0.25, 0.3) is 61.9 Å². The van der Waals surface area contributed by atoms with Gasteiger partial charge in [-0.3, -0.25) is 9.67 Å². The van der Waals surface area contributed by atoms with Crippen molar-refractivity contribution >= 4 is 68.9 Å². The van der Waals surface area contributed by atoms with Gasteiger partial charge >= 0.3 is 0 Å². The molecule has 0 aliphatic heterocycles. The Labute approximate surface area is 329 Å². The zero-order valence-electron chi connectivity index (χ0n) is 32.3. The fourth-order valence-corrected chi connectivity index (χ4v) is 8.63. The molecule has 1 heterocycles. The first-order chi connectivity index (χ1) is 27.4. The van der Waals surface area contributed by atoms with E-state index in [0.717, 1.165) is 71.9 Å². The molecule has 8 rings (SSSR count). The molecule has 1 atom stereocenters. The molecule has 6 aromatic carbocycles. The Morgan fingerprint density at radius 2 is 1.43 bits per heavy atom. The second-order valence-electron chi connectivity index (χ2n) is 14.7. The summed E-state index contributed by atoms with van der Waals surface area (Å²) >= 11 is 0. The molecule has 1 unspecified atom stereocenters. The number of aromatic nitrogens is 1. The fraction of sp³-hybridized carbons (Fsp3) is 0.0962. The maximum Gasteiger partial charge on any atom is 0.109 e. The Bertz CT molecular complexity index is 2810. The van der Waals surface area contributed by atoms with Gasteiger partial charge in [0.1, 0.15) is 6.04 Å². The lowest BCUT2D eigenvalue weighted by molar-refractivity contribution is 0.657. The number of benzene rings is 6. The number of hydrogen-bond acceptors (Lipinski definition) is 3. The van der Waals surface area contributed by atoms with Gasteiger partial charge in [0, 0.05) is 38.5 Å². The van der Waals surface area contributed by atoms with Crippen molar-refractivity contribution in [2.75, 3.05) is 10.7 Å². The van der Waals surface area contributed by atoms with Crippen molar-refractivity contribution < 1.29 is 0 Å². The van der Waals surface area contributed by atoms with Crippen molar-refractivity contribution in [3.05, 3.63) is 198 Å². The normalized spacial score (nSPS) is 13.9. The lowest BCUT2D eigenvalue weighted by Gasteiger charge is -2.27. The van der Waals surface area contributed by atoms with Crippen LogP contribution in [0.1, 0.15) is 60.2 Å². The number of hydrogen-bond donors (Lipinski definition) is 2. The van der Waals surface area contributed by atoms with Gasteiger partial charge < -0.3 is 10.7 Å². The highest BCUT2D eigenvalue weighted by atomic mass is 15.4. The minimum atomic E-state index is -0.406. The van der Waals surface area contributed by atoms with E-state index >= 15 is 0 Å². The minimum absolute atomic E-state index is 0.180. The predicted octanol–water partition coefficient (Wildman–Crippen LogP) is 13.9. The van der Waals surface area contributed by atoms with E-state index < -0.39 is 6.04 Å². The van der Waals surface area contributed by atoms with Crippen molar-refractivity contribution in [1.29, 1.82) is 0 Å². The van der Waals surface area contributed by atoms with Crippen LogP contribution in [-0.4, -0.2) is 11.4 Å². The summed E-state index contributed by atoms with van der Waals surface area (Å²) in [6.07, 6.45) is 15.9. The number of nitrogens with zero attached hydrogens (tertiary/aromatic N) is 2. The Morgan fingerprint density at radius 1 is 0.714 bits per heavy atom. The summed E-state index contributed by atoms with van der Waals surface area (Å²) in [5.74, 6) is 0. The maximum atomic E-state index is 4.69. The number of aliphatic imine (C=N–C) groups is 1. The maximum absolute atomic E-state index is 4.69. The van der Waals surface area contributed by atoms with Crippen LogP contribution in [0.15, 0.2) is 170 Å². The van der Waals surface area contributed by atoms with Crippen LogP contribution in [0.3, 0.4) is 0 Å². The van der Waals surface area contributed by atoms with Crippen molar-refractivity contribution in [3.8, 4) is 11.1 Å². The smallest absolute Gasteiger partial charge is 0.109 e. The molecule has 2 N–H and O–H groups in total. The molecule has 56 heavy (non-hydrogen) atoms. The molecular formula is C52H46N4. The number of fused-ring (bicyclic) bond motifs is 8. The summed E-state index contributed by atoms with van der Waals surface area (Å²) < 4.78 is 2.27. The highest BCUT2D eigenvalue weighted by molar-refractivity contribution is 6.24. The molecular weight excluding hydrogens is 681 g/mol. The molecule has 0 spiro atoms. The van der Waals surface area contributed by atoms with Crippen molar-refractivity contribution in [3.63, 3.8) is 0 Å². The van der Waals surface area contributed by atoms with Crippen LogP contribution in [-0.2, 0) is 5.41 Å². The van der Waals surface area contributed by atoms with E-state index in [9.17, 15) is 0 Å². The summed E-state index contributed by atoms with van der Waals surface area (Å²) in [6, 6.07) is 38.4. The van der Waals surface area contributed by atoms with Gasteiger partial charge in [-0.05, 0) is 88.3 Å². The van der Waals surface area contributed by atoms with Crippen molar-refractivity contribution in [2.45, 2.75) is 32.2 Å². The van der Waals surface area contributed by atoms with Gasteiger partial charge in [-0.25, -0.2) is 0 Å². The standard InChI is InChI=1S/C52H46N4/c1-8-12-14-28-47(53-7)49(34-29-30-40-39-25-19-20-27-44(39)52(5,6)45(40)33-34)55-56-50-37(11-4)46(54-35-22-15-13-16-23-35)32-31-43(50)48-41(21-9-2)36(10-3)38-24-17-18-26-42(38)51(48)56/h8-33,49,54-55H,1,3-4,7H2,2,5-6H3/b14-12-,21-9-,47-28-. The summed E-state index contributed by atoms with van der Waals surface area (Å²) in [6.45, 7) is 23.4. The molecule has 1 aliphatic rings. The van der Waals surface area contributed by atoms with E-state index in [1.54, 1.807) is 6.08 Å². The first-order valence-corrected chi connectivity index (χ1v) is 19.1. The second-order valence-corrected chi connectivity index (χ2v) is 14.7. The van der Waals surface area contributed by atoms with Crippen molar-refractivity contribution in [1.82, 2.24) is 4.68 Å². The summed E-state index contributed by atoms with van der Waals surface area (Å²) in [5.41, 5.74) is 18.1. The Kier molecular flexibility index (Phi) is 9.49. The highest BCUT2D eigenvalue weighted by Crippen LogP contribution is 2.50. The lowest BCUT2D eigenvalue weighted by atomic mass is 9.81. The molecule has 4 nitrogen and oxygen atoms in total. The molecule has 1 aromatic heterocycles. The van der Waals surface area contributed by atoms with Crippen LogP contribution < -0.4 is 10.7 Å². The third-order valence-corrected chi connectivity index (χ3v) is 11.2. The molecule has 4 heteroatoms. The largest absolute Gasteiger partial charge is 0.355 e. The van der Waals surface area contributed by atoms with E-state index in [0.29, 0.717) is 0 Å². The van der Waals surface area contributed by atoms with Crippen LogP contribution in [0.4, 0.5) is 11.4 Å². The molecule has 0 fully saturated rings. The van der Waals surface area contributed by atoms with Crippen LogP contribution in [0, 0.1) is 0 Å². The van der Waals surface area contributed by atoms with Gasteiger partial charge in [0.15, 0.2) is 0 Å². The average molecular weight is 727 g/mol. The van der Waals surface area contributed by atoms with Gasteiger partial charge in [-0.15, -0.1) is 0 Å². The number of para-hydroxylation sites is 1. The molecule has 274 valence electrons. The average Bonchev–Trinajstić information content (AvgIpc) is 3.67. The zero-order chi connectivity index (χ0) is 39.0. The third-order valence-electron chi connectivity index (χ3n) is 11.2. The second kappa shape index (κ2) is 14.7. The van der Waals surface area contributed by atoms with Crippen LogP contribution in [0.5, 0.6) is 0 Å². The molecule has 7 aromatic rings. The SMILES string of the molecule is C=C/C=C\C=C(/N=C)C(Nn1c2c(C=C)c(Nc3ccccc3)ccc2c2c(/C=C\C)c(C=C)c3ccccc3c21)c1ccc2c(c1)C(C)(C)c1ccccc1-2. The van der Waals surface area contributed by atoms with Crippen LogP contribution >= 0.6 is 0 Å². The van der Waals surface area contributed by atoms with E-state index in [4.69, 9.17) is 4.99 Å². The Morgan fingerprint density at radius 3 is 2.16 bits per heavy atom. The van der Waals surface area contributed by atoms with Gasteiger partial charge in [-0.2, -0.15) is 0 Å². The topological polar surface area (TPSA) is 41.4 Å². The van der Waals surface area contributed by atoms with E-state index in [-0.39, 0.29) is 5.41 Å². The molecule has 1 aliphatic carbocycles. The summed E-state index contributed by atoms with van der Waals surface area (Å²) in [7, 11) is 0. The number of rotatable bonds is 12. The van der Waals surface area contributed by atoms with Crippen LogP contribution in [0.2, 0.25) is 0 Å². The minimum Gasteiger partial charge on any atom is -0.355 e. The number of nitrogens with one attached hydrogen (secondary N) is 2. The monoisotopic (exact) mass is 726 g/mol. The number of allylic oxidation sites excluding steroid dienone is 5. The predicted molar refractivity (Wildman–Crippen MR) is 245 cm³/mol. The quantitative estimate of drug-likeness (QED) is 0.0972. The molecule has 0 amide bonds. The Balaban J connectivity index is 1.47. The molecule has 0 bridgehead atoms. The Hall–Kier alpha value is -6.91. The summed E-state index contributed by atoms with van der Waals surface area (Å²) in [5, 5.41) is 8.13. The summed E-state index contributed by atoms with van der Waals surface area (Å²) in [4.78, 5) is 4.69. The van der Waals surface area contributed by atoms with E-state index in [1.807, 2.05) is 48.6 Å². The lowest BCUT2D eigenvalue weighted by Crippen LogP contribution is -2.23. The molecule has 0 saturated carbocycles. The fourth-order valence-electron chi connectivity index (χ4n) is 8.63. The number of anilines is 2. The van der Waals surface area contributed by atoms with Crippen molar-refractivity contribution in [2.24, 2.45) is 4.99 Å². The zero-order valence-corrected chi connectivity index (χ0v) is 32.3.